The average molecular weight is 373 g/mol. The number of carbonyl (C=O) groups excluding carboxylic acids is 1. The van der Waals surface area contributed by atoms with Crippen molar-refractivity contribution < 1.29 is 18.0 Å². The molecule has 1 heterocycles. The third-order valence-electron chi connectivity index (χ3n) is 4.26. The van der Waals surface area contributed by atoms with Crippen LogP contribution in [0.4, 0.5) is 18.9 Å². The highest BCUT2D eigenvalue weighted by Gasteiger charge is 2.30. The standard InChI is InChI=1S/C20H18F3N3O/c1-13-6-7-16(8-14(13)2)19(27)25-18-10-24-26(12-18)11-15-4-3-5-17(9-15)20(21,22)23/h3-10,12H,11H2,1-2H3,(H,25,27). The van der Waals surface area contributed by atoms with Crippen molar-refractivity contribution in [2.24, 2.45) is 0 Å². The first kappa shape index (κ1) is 18.7. The van der Waals surface area contributed by atoms with Gasteiger partial charge in [0.2, 0.25) is 0 Å². The first-order chi connectivity index (χ1) is 12.7. The summed E-state index contributed by atoms with van der Waals surface area (Å²) >= 11 is 0. The number of rotatable bonds is 4. The predicted octanol–water partition coefficient (Wildman–Crippen LogP) is 4.82. The largest absolute Gasteiger partial charge is 0.416 e. The third-order valence-corrected chi connectivity index (χ3v) is 4.26. The van der Waals surface area contributed by atoms with E-state index in [1.807, 2.05) is 19.9 Å². The topological polar surface area (TPSA) is 46.9 Å². The van der Waals surface area contributed by atoms with Gasteiger partial charge in [-0.25, -0.2) is 0 Å². The Bertz CT molecular complexity index is 977. The Hall–Kier alpha value is -3.09. The number of amides is 1. The van der Waals surface area contributed by atoms with E-state index in [1.54, 1.807) is 24.4 Å². The molecule has 140 valence electrons. The van der Waals surface area contributed by atoms with Crippen molar-refractivity contribution in [3.05, 3.63) is 82.7 Å². The number of benzene rings is 2. The number of anilines is 1. The summed E-state index contributed by atoms with van der Waals surface area (Å²) in [5, 5.41) is 6.85. The number of aromatic nitrogens is 2. The molecule has 2 aromatic carbocycles. The van der Waals surface area contributed by atoms with Crippen molar-refractivity contribution in [2.75, 3.05) is 5.32 Å². The lowest BCUT2D eigenvalue weighted by molar-refractivity contribution is -0.137. The molecular formula is C20H18F3N3O. The van der Waals surface area contributed by atoms with Gasteiger partial charge in [-0.15, -0.1) is 0 Å². The van der Waals surface area contributed by atoms with Crippen molar-refractivity contribution in [2.45, 2.75) is 26.6 Å². The smallest absolute Gasteiger partial charge is 0.319 e. The van der Waals surface area contributed by atoms with Crippen LogP contribution in [0, 0.1) is 13.8 Å². The zero-order valence-electron chi connectivity index (χ0n) is 14.8. The second kappa shape index (κ2) is 7.26. The Morgan fingerprint density at radius 1 is 1.11 bits per heavy atom. The van der Waals surface area contributed by atoms with E-state index in [-0.39, 0.29) is 12.5 Å². The number of nitrogens with zero attached hydrogens (tertiary/aromatic N) is 2. The Labute approximate surface area is 154 Å². The van der Waals surface area contributed by atoms with Gasteiger partial charge in [0.25, 0.3) is 5.91 Å². The molecule has 7 heteroatoms. The van der Waals surface area contributed by atoms with Crippen molar-refractivity contribution in [1.29, 1.82) is 0 Å². The minimum absolute atomic E-state index is 0.170. The third kappa shape index (κ3) is 4.55. The molecule has 3 aromatic rings. The molecule has 0 saturated carbocycles. The van der Waals surface area contributed by atoms with E-state index >= 15 is 0 Å². The quantitative estimate of drug-likeness (QED) is 0.713. The monoisotopic (exact) mass is 373 g/mol. The zero-order chi connectivity index (χ0) is 19.6. The first-order valence-corrected chi connectivity index (χ1v) is 8.29. The van der Waals surface area contributed by atoms with Crippen LogP contribution >= 0.6 is 0 Å². The Morgan fingerprint density at radius 2 is 1.89 bits per heavy atom. The van der Waals surface area contributed by atoms with Crippen LogP contribution in [-0.4, -0.2) is 15.7 Å². The van der Waals surface area contributed by atoms with E-state index in [0.29, 0.717) is 16.8 Å². The molecule has 3 rings (SSSR count). The highest BCUT2D eigenvalue weighted by molar-refractivity contribution is 6.04. The molecule has 0 saturated heterocycles. The molecule has 0 unspecified atom stereocenters. The number of carbonyl (C=O) groups is 1. The lowest BCUT2D eigenvalue weighted by atomic mass is 10.1. The zero-order valence-corrected chi connectivity index (χ0v) is 14.8. The summed E-state index contributed by atoms with van der Waals surface area (Å²) in [6.45, 7) is 4.07. The maximum absolute atomic E-state index is 12.8. The van der Waals surface area contributed by atoms with Crippen LogP contribution < -0.4 is 5.32 Å². The summed E-state index contributed by atoms with van der Waals surface area (Å²) in [5.41, 5.74) is 2.90. The van der Waals surface area contributed by atoms with Crippen LogP contribution in [0.25, 0.3) is 0 Å². The molecule has 0 fully saturated rings. The molecule has 4 nitrogen and oxygen atoms in total. The SMILES string of the molecule is Cc1ccc(C(=O)Nc2cnn(Cc3cccc(C(F)(F)F)c3)c2)cc1C. The van der Waals surface area contributed by atoms with Gasteiger partial charge in [-0.1, -0.05) is 18.2 Å². The molecular weight excluding hydrogens is 355 g/mol. The molecule has 1 amide bonds. The van der Waals surface area contributed by atoms with Crippen molar-refractivity contribution in [1.82, 2.24) is 9.78 Å². The molecule has 0 atom stereocenters. The number of nitrogens with one attached hydrogen (secondary N) is 1. The fraction of sp³-hybridized carbons (Fsp3) is 0.200. The van der Waals surface area contributed by atoms with Gasteiger partial charge in [-0.05, 0) is 54.8 Å². The molecule has 0 aliphatic carbocycles. The molecule has 0 radical (unpaired) electrons. The maximum atomic E-state index is 12.8. The van der Waals surface area contributed by atoms with Crippen LogP contribution in [0.15, 0.2) is 54.9 Å². The summed E-state index contributed by atoms with van der Waals surface area (Å²) < 4.78 is 39.9. The average Bonchev–Trinajstić information content (AvgIpc) is 3.03. The number of aryl methyl sites for hydroxylation is 2. The van der Waals surface area contributed by atoms with Gasteiger partial charge in [0.15, 0.2) is 0 Å². The molecule has 0 aliphatic rings. The minimum atomic E-state index is -4.38. The summed E-state index contributed by atoms with van der Waals surface area (Å²) in [4.78, 5) is 12.3. The summed E-state index contributed by atoms with van der Waals surface area (Å²) in [5.74, 6) is -0.267. The van der Waals surface area contributed by atoms with Crippen LogP contribution in [-0.2, 0) is 12.7 Å². The second-order valence-corrected chi connectivity index (χ2v) is 6.38. The molecule has 0 aliphatic heterocycles. The molecule has 0 spiro atoms. The minimum Gasteiger partial charge on any atom is -0.319 e. The number of hydrogen-bond acceptors (Lipinski definition) is 2. The van der Waals surface area contributed by atoms with E-state index in [1.165, 1.54) is 16.9 Å². The highest BCUT2D eigenvalue weighted by Crippen LogP contribution is 2.29. The number of alkyl halides is 3. The number of halogens is 3. The lowest BCUT2D eigenvalue weighted by Crippen LogP contribution is -2.11. The van der Waals surface area contributed by atoms with E-state index in [9.17, 15) is 18.0 Å². The molecule has 27 heavy (non-hydrogen) atoms. The maximum Gasteiger partial charge on any atom is 0.416 e. The normalized spacial score (nSPS) is 11.4. The first-order valence-electron chi connectivity index (χ1n) is 8.29. The Morgan fingerprint density at radius 3 is 2.59 bits per heavy atom. The molecule has 1 N–H and O–H groups in total. The van der Waals surface area contributed by atoms with E-state index in [2.05, 4.69) is 10.4 Å². The van der Waals surface area contributed by atoms with Gasteiger partial charge < -0.3 is 5.32 Å². The van der Waals surface area contributed by atoms with Gasteiger partial charge in [0.05, 0.1) is 24.0 Å². The van der Waals surface area contributed by atoms with E-state index < -0.39 is 11.7 Å². The van der Waals surface area contributed by atoms with Crippen LogP contribution in [0.2, 0.25) is 0 Å². The lowest BCUT2D eigenvalue weighted by Gasteiger charge is -2.08. The highest BCUT2D eigenvalue weighted by atomic mass is 19.4. The van der Waals surface area contributed by atoms with Gasteiger partial charge >= 0.3 is 6.18 Å². The summed E-state index contributed by atoms with van der Waals surface area (Å²) in [7, 11) is 0. The number of hydrogen-bond donors (Lipinski definition) is 1. The van der Waals surface area contributed by atoms with Crippen molar-refractivity contribution in [3.8, 4) is 0 Å². The van der Waals surface area contributed by atoms with Crippen LogP contribution in [0.5, 0.6) is 0 Å². The van der Waals surface area contributed by atoms with Crippen LogP contribution in [0.1, 0.15) is 32.6 Å². The van der Waals surface area contributed by atoms with Crippen molar-refractivity contribution in [3.63, 3.8) is 0 Å². The molecule has 1 aromatic heterocycles. The van der Waals surface area contributed by atoms with E-state index in [4.69, 9.17) is 0 Å². The van der Waals surface area contributed by atoms with Gasteiger partial charge in [-0.3, -0.25) is 9.48 Å². The Balaban J connectivity index is 1.70. The summed E-state index contributed by atoms with van der Waals surface area (Å²) in [6.07, 6.45) is -1.34. The predicted molar refractivity (Wildman–Crippen MR) is 96.6 cm³/mol. The summed E-state index contributed by atoms with van der Waals surface area (Å²) in [6, 6.07) is 10.5. The van der Waals surface area contributed by atoms with Gasteiger partial charge in [-0.2, -0.15) is 18.3 Å². The van der Waals surface area contributed by atoms with Crippen molar-refractivity contribution >= 4 is 11.6 Å². The van der Waals surface area contributed by atoms with Gasteiger partial charge in [0, 0.05) is 11.8 Å². The molecule has 0 bridgehead atoms. The second-order valence-electron chi connectivity index (χ2n) is 6.38. The van der Waals surface area contributed by atoms with Gasteiger partial charge in [0.1, 0.15) is 0 Å². The Kier molecular flexibility index (Phi) is 5.03. The van der Waals surface area contributed by atoms with Crippen LogP contribution in [0.3, 0.4) is 0 Å². The van der Waals surface area contributed by atoms with E-state index in [0.717, 1.165) is 23.3 Å². The fourth-order valence-corrected chi connectivity index (χ4v) is 2.63. The fourth-order valence-electron chi connectivity index (χ4n) is 2.63.